The van der Waals surface area contributed by atoms with Crippen LogP contribution in [0, 0.1) is 13.8 Å². The molecule has 1 aliphatic rings. The molecule has 0 saturated carbocycles. The molecule has 21 heavy (non-hydrogen) atoms. The summed E-state index contributed by atoms with van der Waals surface area (Å²) in [5, 5.41) is 10.5. The number of H-pyrrole nitrogens is 1. The van der Waals surface area contributed by atoms with Crippen LogP contribution in [0.1, 0.15) is 42.1 Å². The number of fused-ring (bicyclic) bond motifs is 1. The number of β-amino-alcohol motifs (C(OH)–C–C–N with tert-alkyl or cyclic N) is 1. The molecule has 6 heteroatoms. The van der Waals surface area contributed by atoms with Gasteiger partial charge in [0.05, 0.1) is 17.5 Å². The first kappa shape index (κ1) is 14.7. The number of hydrogen-bond acceptors (Lipinski definition) is 5. The van der Waals surface area contributed by atoms with Crippen LogP contribution in [0.2, 0.25) is 0 Å². The fourth-order valence-corrected chi connectivity index (χ4v) is 4.01. The second kappa shape index (κ2) is 5.51. The van der Waals surface area contributed by atoms with Gasteiger partial charge >= 0.3 is 0 Å². The number of thiophene rings is 1. The molecule has 5 nitrogen and oxygen atoms in total. The van der Waals surface area contributed by atoms with Gasteiger partial charge in [0.2, 0.25) is 0 Å². The van der Waals surface area contributed by atoms with Gasteiger partial charge in [0, 0.05) is 11.4 Å². The van der Waals surface area contributed by atoms with Crippen LogP contribution in [0.3, 0.4) is 0 Å². The number of piperidine rings is 1. The predicted octanol–water partition coefficient (Wildman–Crippen LogP) is 2.12. The van der Waals surface area contributed by atoms with Crippen LogP contribution in [-0.4, -0.2) is 39.2 Å². The average Bonchev–Trinajstić information content (AvgIpc) is 2.73. The molecule has 0 aromatic carbocycles. The second-order valence-electron chi connectivity index (χ2n) is 5.88. The van der Waals surface area contributed by atoms with Crippen molar-refractivity contribution in [3.8, 4) is 0 Å². The van der Waals surface area contributed by atoms with E-state index in [4.69, 9.17) is 0 Å². The molecule has 0 radical (unpaired) electrons. The van der Waals surface area contributed by atoms with Crippen molar-refractivity contribution in [3.63, 3.8) is 0 Å². The largest absolute Gasteiger partial charge is 0.392 e. The van der Waals surface area contributed by atoms with Crippen molar-refractivity contribution in [1.82, 2.24) is 14.9 Å². The van der Waals surface area contributed by atoms with Crippen molar-refractivity contribution in [2.45, 2.75) is 45.8 Å². The van der Waals surface area contributed by atoms with Crippen molar-refractivity contribution in [3.05, 3.63) is 26.6 Å². The van der Waals surface area contributed by atoms with Crippen LogP contribution in [0.25, 0.3) is 10.2 Å². The van der Waals surface area contributed by atoms with Crippen LogP contribution in [0.4, 0.5) is 0 Å². The minimum absolute atomic E-state index is 0.0137. The lowest BCUT2D eigenvalue weighted by atomic mass is 10.1. The van der Waals surface area contributed by atoms with Crippen molar-refractivity contribution >= 4 is 21.6 Å². The molecule has 0 aliphatic carbocycles. The fraction of sp³-hybridized carbons (Fsp3) is 0.600. The zero-order valence-corrected chi connectivity index (χ0v) is 13.5. The predicted molar refractivity (Wildman–Crippen MR) is 84.9 cm³/mol. The quantitative estimate of drug-likeness (QED) is 0.891. The van der Waals surface area contributed by atoms with E-state index in [9.17, 15) is 9.90 Å². The average molecular weight is 307 g/mol. The van der Waals surface area contributed by atoms with Gasteiger partial charge in [0.15, 0.2) is 0 Å². The molecular formula is C15H21N3O2S. The minimum Gasteiger partial charge on any atom is -0.392 e. The van der Waals surface area contributed by atoms with Gasteiger partial charge in [-0.3, -0.25) is 9.69 Å². The highest BCUT2D eigenvalue weighted by Crippen LogP contribution is 2.28. The summed E-state index contributed by atoms with van der Waals surface area (Å²) >= 11 is 1.57. The van der Waals surface area contributed by atoms with E-state index in [2.05, 4.69) is 14.9 Å². The van der Waals surface area contributed by atoms with E-state index in [-0.39, 0.29) is 17.7 Å². The molecule has 1 fully saturated rings. The molecule has 0 bridgehead atoms. The molecule has 2 aromatic heterocycles. The van der Waals surface area contributed by atoms with Gasteiger partial charge in [-0.2, -0.15) is 0 Å². The first-order chi connectivity index (χ1) is 9.97. The molecule has 1 aliphatic heterocycles. The standard InChI is InChI=1S/C15H21N3O2S/c1-8-10(3)21-15-12(8)14(20)16-13(17-15)9(2)18-6-4-5-11(19)7-18/h9,11,19H,4-7H2,1-3H3,(H,16,17,20)/t9-,11+/m0/s1. The molecule has 2 aromatic rings. The molecule has 1 saturated heterocycles. The lowest BCUT2D eigenvalue weighted by molar-refractivity contribution is 0.0484. The Morgan fingerprint density at radius 3 is 2.95 bits per heavy atom. The van der Waals surface area contributed by atoms with Crippen molar-refractivity contribution in [2.75, 3.05) is 13.1 Å². The molecule has 0 spiro atoms. The second-order valence-corrected chi connectivity index (χ2v) is 7.08. The SMILES string of the molecule is Cc1sc2nc([C@H](C)N3CCC[C@@H](O)C3)[nH]c(=O)c2c1C. The Balaban J connectivity index is 1.98. The number of nitrogens with one attached hydrogen (secondary N) is 1. The maximum Gasteiger partial charge on any atom is 0.259 e. The van der Waals surface area contributed by atoms with Gasteiger partial charge in [0.25, 0.3) is 5.56 Å². The molecule has 114 valence electrons. The van der Waals surface area contributed by atoms with Crippen LogP contribution in [-0.2, 0) is 0 Å². The number of rotatable bonds is 2. The fourth-order valence-electron chi connectivity index (χ4n) is 2.98. The Kier molecular flexibility index (Phi) is 3.86. The van der Waals surface area contributed by atoms with Crippen molar-refractivity contribution < 1.29 is 5.11 Å². The number of aromatic nitrogens is 2. The minimum atomic E-state index is -0.275. The van der Waals surface area contributed by atoms with E-state index in [0.717, 1.165) is 34.7 Å². The molecule has 2 atom stereocenters. The summed E-state index contributed by atoms with van der Waals surface area (Å²) in [7, 11) is 0. The molecule has 3 rings (SSSR count). The molecule has 2 N–H and O–H groups in total. The molecule has 0 amide bonds. The number of aliphatic hydroxyl groups excluding tert-OH is 1. The Morgan fingerprint density at radius 2 is 2.24 bits per heavy atom. The van der Waals surface area contributed by atoms with Crippen molar-refractivity contribution in [2.24, 2.45) is 0 Å². The normalized spacial score (nSPS) is 21.8. The Morgan fingerprint density at radius 1 is 1.48 bits per heavy atom. The maximum absolute atomic E-state index is 12.3. The monoisotopic (exact) mass is 307 g/mol. The van der Waals surface area contributed by atoms with Gasteiger partial charge in [-0.1, -0.05) is 0 Å². The first-order valence-electron chi connectivity index (χ1n) is 7.39. The van der Waals surface area contributed by atoms with Crippen LogP contribution < -0.4 is 5.56 Å². The van der Waals surface area contributed by atoms with E-state index in [1.54, 1.807) is 11.3 Å². The zero-order valence-electron chi connectivity index (χ0n) is 12.6. The number of nitrogens with zero attached hydrogens (tertiary/aromatic N) is 2. The van der Waals surface area contributed by atoms with Crippen LogP contribution in [0.15, 0.2) is 4.79 Å². The lowest BCUT2D eigenvalue weighted by Gasteiger charge is -2.34. The molecule has 0 unspecified atom stereocenters. The summed E-state index contributed by atoms with van der Waals surface area (Å²) in [6, 6.07) is 0.0137. The van der Waals surface area contributed by atoms with Gasteiger partial charge in [0.1, 0.15) is 10.7 Å². The Bertz CT molecular complexity index is 722. The first-order valence-corrected chi connectivity index (χ1v) is 8.21. The number of likely N-dealkylation sites (tertiary alicyclic amines) is 1. The highest BCUT2D eigenvalue weighted by Gasteiger charge is 2.25. The highest BCUT2D eigenvalue weighted by molar-refractivity contribution is 7.18. The summed E-state index contributed by atoms with van der Waals surface area (Å²) in [6.45, 7) is 7.60. The number of aromatic amines is 1. The maximum atomic E-state index is 12.3. The lowest BCUT2D eigenvalue weighted by Crippen LogP contribution is -2.40. The third kappa shape index (κ3) is 2.63. The topological polar surface area (TPSA) is 69.2 Å². The van der Waals surface area contributed by atoms with E-state index < -0.39 is 0 Å². The smallest absolute Gasteiger partial charge is 0.259 e. The summed E-state index contributed by atoms with van der Waals surface area (Å²) in [5.74, 6) is 0.697. The van der Waals surface area contributed by atoms with E-state index >= 15 is 0 Å². The third-order valence-electron chi connectivity index (χ3n) is 4.43. The molecule has 3 heterocycles. The van der Waals surface area contributed by atoms with Gasteiger partial charge in [-0.25, -0.2) is 4.98 Å². The Hall–Kier alpha value is -1.24. The van der Waals surface area contributed by atoms with Gasteiger partial charge in [-0.05, 0) is 45.7 Å². The van der Waals surface area contributed by atoms with Gasteiger partial charge in [-0.15, -0.1) is 11.3 Å². The van der Waals surface area contributed by atoms with Crippen LogP contribution >= 0.6 is 11.3 Å². The Labute approximate surface area is 127 Å². The van der Waals surface area contributed by atoms with Crippen LogP contribution in [0.5, 0.6) is 0 Å². The van der Waals surface area contributed by atoms with E-state index in [1.165, 1.54) is 0 Å². The number of aryl methyl sites for hydroxylation is 2. The van der Waals surface area contributed by atoms with E-state index in [1.807, 2.05) is 20.8 Å². The highest BCUT2D eigenvalue weighted by atomic mass is 32.1. The number of aliphatic hydroxyl groups is 1. The summed E-state index contributed by atoms with van der Waals surface area (Å²) in [5.41, 5.74) is 0.970. The molecular weight excluding hydrogens is 286 g/mol. The van der Waals surface area contributed by atoms with Crippen molar-refractivity contribution in [1.29, 1.82) is 0 Å². The number of hydrogen-bond donors (Lipinski definition) is 2. The summed E-state index contributed by atoms with van der Waals surface area (Å²) < 4.78 is 0. The summed E-state index contributed by atoms with van der Waals surface area (Å²) in [6.07, 6.45) is 1.56. The zero-order chi connectivity index (χ0) is 15.1. The van der Waals surface area contributed by atoms with E-state index in [0.29, 0.717) is 17.8 Å². The third-order valence-corrected chi connectivity index (χ3v) is 5.53. The summed E-state index contributed by atoms with van der Waals surface area (Å²) in [4.78, 5) is 24.1. The van der Waals surface area contributed by atoms with Gasteiger partial charge < -0.3 is 10.1 Å².